The molecule has 10 aromatic rings. The molecule has 0 saturated heterocycles. The monoisotopic (exact) mass is 1470 g/mol. The van der Waals surface area contributed by atoms with Crippen LogP contribution < -0.4 is 24.8 Å². The fourth-order valence-electron chi connectivity index (χ4n) is 11.8. The smallest absolute Gasteiger partial charge is 0.0771 e. The number of fused-ring (bicyclic) bond motifs is 6. The van der Waals surface area contributed by atoms with Gasteiger partial charge in [-0.3, -0.25) is 12.2 Å². The van der Waals surface area contributed by atoms with Crippen molar-refractivity contribution >= 4 is 97.9 Å². The van der Waals surface area contributed by atoms with Crippen LogP contribution in [-0.2, 0) is 48.5 Å². The van der Waals surface area contributed by atoms with Crippen LogP contribution in [0, 0.1) is 12.2 Å². The molecule has 0 bridgehead atoms. The van der Waals surface area contributed by atoms with Crippen molar-refractivity contribution < 1.29 is 73.3 Å². The number of rotatable bonds is 10. The summed E-state index contributed by atoms with van der Waals surface area (Å²) < 4.78 is 2.83. The summed E-state index contributed by atoms with van der Waals surface area (Å²) in [6, 6.07) is 80.8. The topological polar surface area (TPSA) is 0 Å². The molecule has 10 aromatic carbocycles. The number of benzene rings is 8. The second-order valence-electron chi connectivity index (χ2n) is 29.5. The fraction of sp³-hybridized carbons (Fsp3) is 0.250. The summed E-state index contributed by atoms with van der Waals surface area (Å²) in [6.45, 7) is 44.9. The van der Waals surface area contributed by atoms with Crippen molar-refractivity contribution in [3.05, 3.63) is 296 Å². The molecule has 0 heterocycles. The Bertz CT molecular complexity index is 3640. The molecule has 464 valence electrons. The van der Waals surface area contributed by atoms with Gasteiger partial charge in [-0.15, -0.1) is 92.3 Å². The first-order valence-electron chi connectivity index (χ1n) is 31.5. The Kier molecular flexibility index (Phi) is 28.3. The fourth-order valence-corrected chi connectivity index (χ4v) is 32.4. The molecule has 0 spiro atoms. The van der Waals surface area contributed by atoms with E-state index in [1.54, 1.807) is 10.4 Å². The first kappa shape index (κ1) is 76.6. The Morgan fingerprint density at radius 1 is 0.278 bits per heavy atom. The maximum absolute atomic E-state index is 3.78. The molecule has 0 saturated carbocycles. The molecular formula is C80H96Cl2Si6Zr2-2. The predicted octanol–water partition coefficient (Wildman–Crippen LogP) is 17.1. The second kappa shape index (κ2) is 33.3. The summed E-state index contributed by atoms with van der Waals surface area (Å²) in [6.07, 6.45) is 9.86. The first-order chi connectivity index (χ1) is 41.4. The first-order valence-corrected chi connectivity index (χ1v) is 55.0. The third-order valence-electron chi connectivity index (χ3n) is 16.1. The summed E-state index contributed by atoms with van der Waals surface area (Å²) in [4.78, 5) is 0. The zero-order valence-corrected chi connectivity index (χ0v) is 69.5. The van der Waals surface area contributed by atoms with Gasteiger partial charge in [-0.1, -0.05) is 191 Å². The zero-order chi connectivity index (χ0) is 64.2. The molecule has 0 aromatic heterocycles. The Morgan fingerprint density at radius 2 is 0.478 bits per heavy atom. The van der Waals surface area contributed by atoms with Crippen molar-refractivity contribution in [2.24, 2.45) is 0 Å². The molecule has 0 N–H and O–H groups in total. The van der Waals surface area contributed by atoms with E-state index < -0.39 is 48.4 Å². The summed E-state index contributed by atoms with van der Waals surface area (Å²) in [5, 5.41) is 21.4. The van der Waals surface area contributed by atoms with Crippen LogP contribution in [0.5, 0.6) is 0 Å². The van der Waals surface area contributed by atoms with E-state index in [4.69, 9.17) is 0 Å². The van der Waals surface area contributed by atoms with Gasteiger partial charge in [0.1, 0.15) is 0 Å². The molecular weight excluding hydrogens is 1380 g/mol. The molecule has 2 aliphatic carbocycles. The van der Waals surface area contributed by atoms with Crippen molar-refractivity contribution in [2.45, 2.75) is 131 Å². The summed E-state index contributed by atoms with van der Waals surface area (Å²) >= 11 is 2.92. The van der Waals surface area contributed by atoms with E-state index in [1.165, 1.54) is 120 Å². The quantitative estimate of drug-likeness (QED) is 0.0946. The molecule has 2 aliphatic rings. The SMILES string of the molecule is C[Si](C)(C)C1=[C-]CC([Si](C)(C)C)=C1[Si](C)(C)C.C[Si](C)(C)C1=[C-]CC([Si](C)(C)C)=C1[Si](C)(C)C.[Cl-].[Cl-].[Zr+2]=[C](c1ccccc1)c1ccccc1.[Zr+2]=[C](c1ccccc1)c1ccccc1.c1ccc2c(c1)[cH-]c1ccccc12.c1ccc2c(c1)[cH-]c1ccccc12. The molecule has 0 amide bonds. The van der Waals surface area contributed by atoms with Crippen molar-refractivity contribution in [3.8, 4) is 0 Å². The summed E-state index contributed by atoms with van der Waals surface area (Å²) in [7, 11) is -7.20. The molecule has 0 nitrogen and oxygen atoms in total. The Balaban J connectivity index is 0.000000196. The van der Waals surface area contributed by atoms with Gasteiger partial charge in [-0.25, -0.2) is 20.8 Å². The van der Waals surface area contributed by atoms with Crippen LogP contribution in [0.4, 0.5) is 0 Å². The third kappa shape index (κ3) is 20.9. The van der Waals surface area contributed by atoms with E-state index in [0.717, 1.165) is 12.8 Å². The molecule has 90 heavy (non-hydrogen) atoms. The van der Waals surface area contributed by atoms with Gasteiger partial charge in [0, 0.05) is 16.1 Å². The van der Waals surface area contributed by atoms with Crippen molar-refractivity contribution in [1.29, 1.82) is 0 Å². The van der Waals surface area contributed by atoms with Gasteiger partial charge in [0.2, 0.25) is 0 Å². The van der Waals surface area contributed by atoms with Gasteiger partial charge in [0.25, 0.3) is 0 Å². The van der Waals surface area contributed by atoms with E-state index in [2.05, 4.69) is 361 Å². The third-order valence-corrected chi connectivity index (χ3v) is 32.4. The van der Waals surface area contributed by atoms with Crippen molar-refractivity contribution in [2.75, 3.05) is 0 Å². The minimum Gasteiger partial charge on any atom is -0.126 e. The molecule has 12 rings (SSSR count). The van der Waals surface area contributed by atoms with E-state index in [9.17, 15) is 0 Å². The minimum atomic E-state index is -1.22. The average Bonchev–Trinajstić information content (AvgIpc) is 1.71. The zero-order valence-electron chi connectivity index (χ0n) is 57.1. The van der Waals surface area contributed by atoms with Gasteiger partial charge in [-0.05, 0) is 16.1 Å². The van der Waals surface area contributed by atoms with E-state index in [0.29, 0.717) is 0 Å². The predicted molar refractivity (Wildman–Crippen MR) is 403 cm³/mol. The standard InChI is InChI=1S/2C14H29Si3.2C13H9.2C13H10.2ClH.2Zr/c2*1-15(2,3)12-10-11-13(16(4,5)6)14(12)17(7,8)9;2*1-3-7-12-10(5-1)9-11-6-2-4-8-13(11)12;2*1-3-7-12(8-4-1)11-13-9-5-2-6-10-13;;;;/h2*10H2,1-9H3;2*1-9H;2*1-10H;2*1H;;/q4*-1;;;;;2*+2/p-2. The van der Waals surface area contributed by atoms with Gasteiger partial charge < -0.3 is 24.8 Å². The molecule has 0 atom stereocenters. The Labute approximate surface area is 591 Å². The van der Waals surface area contributed by atoms with Crippen LogP contribution >= 0.6 is 0 Å². The second-order valence-corrected chi connectivity index (χ2v) is 62.2. The van der Waals surface area contributed by atoms with Crippen LogP contribution in [0.3, 0.4) is 0 Å². The average molecular weight is 1480 g/mol. The van der Waals surface area contributed by atoms with Crippen LogP contribution in [0.25, 0.3) is 43.1 Å². The maximum Gasteiger partial charge on any atom is -0.0771 e. The van der Waals surface area contributed by atoms with Gasteiger partial charge in [-0.2, -0.15) is 10.4 Å². The normalized spacial score (nSPS) is 13.4. The number of allylic oxidation sites excluding steroid dienone is 8. The van der Waals surface area contributed by atoms with Gasteiger partial charge in [0.05, 0.1) is 16.1 Å². The molecule has 0 unspecified atom stereocenters. The van der Waals surface area contributed by atoms with Gasteiger partial charge in [0.15, 0.2) is 0 Å². The molecule has 10 heteroatoms. The largest absolute Gasteiger partial charge is 0.126 e. The summed E-state index contributed by atoms with van der Waals surface area (Å²) in [5.74, 6) is 0. The van der Waals surface area contributed by atoms with E-state index in [-0.39, 0.29) is 24.8 Å². The molecule has 0 radical (unpaired) electrons. The van der Waals surface area contributed by atoms with E-state index >= 15 is 0 Å². The van der Waals surface area contributed by atoms with E-state index in [1.807, 2.05) is 20.8 Å². The number of hydrogen-bond donors (Lipinski definition) is 0. The molecule has 0 aliphatic heterocycles. The van der Waals surface area contributed by atoms with Crippen LogP contribution in [0.15, 0.2) is 262 Å². The Hall–Kier alpha value is -4.15. The molecule has 0 fully saturated rings. The van der Waals surface area contributed by atoms with Crippen molar-refractivity contribution in [3.63, 3.8) is 0 Å². The number of hydrogen-bond acceptors (Lipinski definition) is 0. The van der Waals surface area contributed by atoms with Gasteiger partial charge >= 0.3 is 198 Å². The van der Waals surface area contributed by atoms with Crippen LogP contribution in [0.2, 0.25) is 118 Å². The van der Waals surface area contributed by atoms with Crippen molar-refractivity contribution in [1.82, 2.24) is 0 Å². The van der Waals surface area contributed by atoms with Crippen LogP contribution in [0.1, 0.15) is 35.1 Å². The maximum atomic E-state index is 3.78. The minimum absolute atomic E-state index is 0. The number of halogens is 2. The van der Waals surface area contributed by atoms with Crippen LogP contribution in [-0.4, -0.2) is 54.9 Å². The Morgan fingerprint density at radius 3 is 0.667 bits per heavy atom. The summed E-state index contributed by atoms with van der Waals surface area (Å²) in [5.41, 5.74) is 5.32.